The lowest BCUT2D eigenvalue weighted by molar-refractivity contribution is -0.108. The monoisotopic (exact) mass is 1140 g/mol. The number of carbonyl (C=O) groups is 1. The zero-order chi connectivity index (χ0) is 60.2. The third kappa shape index (κ3) is 10.3. The molecular weight excluding hydrogens is 1080 g/mol. The first-order valence-corrected chi connectivity index (χ1v) is 30.9. The number of benzene rings is 14. The zero-order valence-corrected chi connectivity index (χ0v) is 49.5. The highest BCUT2D eigenvalue weighted by Crippen LogP contribution is 2.55. The molecule has 0 saturated heterocycles. The van der Waals surface area contributed by atoms with Gasteiger partial charge in [0.15, 0.2) is 5.78 Å². The van der Waals surface area contributed by atoms with Crippen molar-refractivity contribution in [1.29, 1.82) is 0 Å². The van der Waals surface area contributed by atoms with E-state index in [-0.39, 0.29) is 5.78 Å². The molecule has 1 aliphatic rings. The lowest BCUT2D eigenvalue weighted by Gasteiger charge is -2.25. The van der Waals surface area contributed by atoms with E-state index in [9.17, 15) is 0 Å². The Kier molecular flexibility index (Phi) is 15.0. The molecule has 0 atom stereocenters. The van der Waals surface area contributed by atoms with Crippen LogP contribution in [0, 0.1) is 0 Å². The molecule has 422 valence electrons. The molecule has 0 heterocycles. The molecular formula is C89H60O. The first-order chi connectivity index (χ1) is 44.6. The summed E-state index contributed by atoms with van der Waals surface area (Å²) in [5.41, 5.74) is 29.5. The summed E-state index contributed by atoms with van der Waals surface area (Å²) in [6, 6.07) is 130. The quantitative estimate of drug-likeness (QED) is 0.106. The molecule has 14 aromatic rings. The van der Waals surface area contributed by atoms with Crippen LogP contribution in [0.3, 0.4) is 0 Å². The van der Waals surface area contributed by atoms with Crippen LogP contribution in [0.1, 0.15) is 22.3 Å². The topological polar surface area (TPSA) is 17.1 Å². The smallest absolute Gasteiger partial charge is 0.195 e. The second-order valence-corrected chi connectivity index (χ2v) is 22.8. The first kappa shape index (κ1) is 54.9. The summed E-state index contributed by atoms with van der Waals surface area (Å²) in [4.78, 5) is 15.9. The largest absolute Gasteiger partial charge is 0.289 e. The fourth-order valence-electron chi connectivity index (χ4n) is 13.5. The van der Waals surface area contributed by atoms with Gasteiger partial charge in [0.2, 0.25) is 0 Å². The summed E-state index contributed by atoms with van der Waals surface area (Å²) in [6.07, 6.45) is 0. The van der Waals surface area contributed by atoms with Crippen molar-refractivity contribution in [3.8, 4) is 111 Å². The van der Waals surface area contributed by atoms with Gasteiger partial charge >= 0.3 is 0 Å². The van der Waals surface area contributed by atoms with E-state index in [0.717, 1.165) is 122 Å². The molecule has 0 radical (unpaired) electrons. The maximum Gasteiger partial charge on any atom is 0.195 e. The molecule has 90 heavy (non-hydrogen) atoms. The molecule has 14 aromatic carbocycles. The highest BCUT2D eigenvalue weighted by Gasteiger charge is 2.36. The van der Waals surface area contributed by atoms with Crippen molar-refractivity contribution in [1.82, 2.24) is 0 Å². The molecule has 0 spiro atoms. The molecule has 0 bridgehead atoms. The molecule has 0 aliphatic heterocycles. The van der Waals surface area contributed by atoms with Crippen LogP contribution in [0.15, 0.2) is 364 Å². The van der Waals surface area contributed by atoms with Crippen molar-refractivity contribution >= 4 is 28.1 Å². The van der Waals surface area contributed by atoms with Gasteiger partial charge in [-0.05, 0) is 146 Å². The predicted molar refractivity (Wildman–Crippen MR) is 379 cm³/mol. The van der Waals surface area contributed by atoms with Crippen molar-refractivity contribution in [3.63, 3.8) is 0 Å². The maximum absolute atomic E-state index is 15.9. The van der Waals surface area contributed by atoms with Gasteiger partial charge in [-0.3, -0.25) is 4.79 Å². The molecule has 1 nitrogen and oxygen atoms in total. The average molecular weight is 1150 g/mol. The minimum Gasteiger partial charge on any atom is -0.289 e. The SMILES string of the molecule is O=C1C(c2ccccc2)=C(c2ccc(-c3cc(-c4ccccc4)c(-c4ccccc4)c(-c4ccccc4)c3-c3ccccc3)cc2)C(c2ccc(-c3cc(-c4ccccc4)c(-c4ccccc4)c(-c4ccccc4)c3-c3ccccc3)cc2)=C1c1ccccc1. The first-order valence-electron chi connectivity index (χ1n) is 30.9. The number of allylic oxidation sites excluding steroid dienone is 4. The van der Waals surface area contributed by atoms with Crippen LogP contribution in [0.25, 0.3) is 134 Å². The molecule has 0 N–H and O–H groups in total. The van der Waals surface area contributed by atoms with Crippen LogP contribution >= 0.6 is 0 Å². The average Bonchev–Trinajstić information content (AvgIpc) is 1.02. The van der Waals surface area contributed by atoms with Crippen LogP contribution in [-0.4, -0.2) is 5.78 Å². The van der Waals surface area contributed by atoms with Crippen molar-refractivity contribution in [2.75, 3.05) is 0 Å². The summed E-state index contributed by atoms with van der Waals surface area (Å²) in [6.45, 7) is 0. The van der Waals surface area contributed by atoms with Gasteiger partial charge in [0.25, 0.3) is 0 Å². The van der Waals surface area contributed by atoms with Gasteiger partial charge in [0.05, 0.1) is 0 Å². The van der Waals surface area contributed by atoms with Crippen LogP contribution < -0.4 is 0 Å². The fourth-order valence-corrected chi connectivity index (χ4v) is 13.5. The Hall–Kier alpha value is -11.8. The Morgan fingerprint density at radius 1 is 0.133 bits per heavy atom. The Bertz CT molecular complexity index is 4610. The minimum atomic E-state index is -0.00343. The van der Waals surface area contributed by atoms with Crippen LogP contribution in [0.2, 0.25) is 0 Å². The second kappa shape index (κ2) is 24.5. The molecule has 0 unspecified atom stereocenters. The number of hydrogen-bond donors (Lipinski definition) is 0. The van der Waals surface area contributed by atoms with E-state index in [0.29, 0.717) is 11.1 Å². The van der Waals surface area contributed by atoms with Gasteiger partial charge in [-0.2, -0.15) is 0 Å². The highest BCUT2D eigenvalue weighted by molar-refractivity contribution is 6.59. The second-order valence-electron chi connectivity index (χ2n) is 22.8. The lowest BCUT2D eigenvalue weighted by Crippen LogP contribution is -2.01. The maximum atomic E-state index is 15.9. The number of hydrogen-bond acceptors (Lipinski definition) is 1. The van der Waals surface area contributed by atoms with E-state index in [2.05, 4.69) is 328 Å². The Morgan fingerprint density at radius 3 is 0.511 bits per heavy atom. The number of carbonyl (C=O) groups excluding carboxylic acids is 1. The molecule has 1 aliphatic carbocycles. The van der Waals surface area contributed by atoms with Gasteiger partial charge in [-0.15, -0.1) is 0 Å². The van der Waals surface area contributed by atoms with Gasteiger partial charge in [-0.1, -0.05) is 352 Å². The summed E-state index contributed by atoms with van der Waals surface area (Å²) >= 11 is 0. The van der Waals surface area contributed by atoms with E-state index in [1.54, 1.807) is 0 Å². The third-order valence-corrected chi connectivity index (χ3v) is 17.5. The molecule has 1 heteroatoms. The summed E-state index contributed by atoms with van der Waals surface area (Å²) in [7, 11) is 0. The predicted octanol–water partition coefficient (Wildman–Crippen LogP) is 23.5. The minimum absolute atomic E-state index is 0.00343. The summed E-state index contributed by atoms with van der Waals surface area (Å²) < 4.78 is 0. The van der Waals surface area contributed by atoms with Crippen molar-refractivity contribution in [3.05, 3.63) is 386 Å². The standard InChI is InChI=1S/C89H60O/c90-89-87(71-47-27-9-28-48-71)85(73-55-51-63(52-56-73)77-59-75(61-31-11-1-12-32-61)79(65-35-15-3-16-36-65)83(69-43-23-7-24-44-69)81(77)67-39-19-5-20-40-67)86(88(89)72-49-29-10-30-50-72)74-57-53-64(54-58-74)78-60-76(62-33-13-2-14-34-62)80(66-37-17-4-18-38-66)84(70-45-25-8-26-46-70)82(78)68-41-21-6-22-42-68/h1-60H. The molecule has 0 fully saturated rings. The Balaban J connectivity index is 0.953. The number of ketones is 1. The van der Waals surface area contributed by atoms with Crippen molar-refractivity contribution in [2.45, 2.75) is 0 Å². The summed E-state index contributed by atoms with van der Waals surface area (Å²) in [5.74, 6) is -0.00343. The highest BCUT2D eigenvalue weighted by atomic mass is 16.1. The van der Waals surface area contributed by atoms with Crippen molar-refractivity contribution in [2.24, 2.45) is 0 Å². The van der Waals surface area contributed by atoms with Gasteiger partial charge in [0.1, 0.15) is 0 Å². The Labute approximate surface area is 527 Å². The van der Waals surface area contributed by atoms with E-state index in [4.69, 9.17) is 0 Å². The Morgan fingerprint density at radius 2 is 0.289 bits per heavy atom. The van der Waals surface area contributed by atoms with Crippen LogP contribution in [0.5, 0.6) is 0 Å². The third-order valence-electron chi connectivity index (χ3n) is 17.5. The van der Waals surface area contributed by atoms with Gasteiger partial charge in [0, 0.05) is 22.3 Å². The molecule has 15 rings (SSSR count). The summed E-state index contributed by atoms with van der Waals surface area (Å²) in [5, 5.41) is 0. The van der Waals surface area contributed by atoms with Crippen LogP contribution in [0.4, 0.5) is 0 Å². The fraction of sp³-hybridized carbons (Fsp3) is 0. The van der Waals surface area contributed by atoms with Crippen LogP contribution in [-0.2, 0) is 4.79 Å². The van der Waals surface area contributed by atoms with Gasteiger partial charge in [-0.25, -0.2) is 0 Å². The number of Topliss-reactive ketones (excluding diaryl/α,β-unsaturated/α-hetero) is 1. The van der Waals surface area contributed by atoms with Crippen molar-refractivity contribution < 1.29 is 4.79 Å². The lowest BCUT2D eigenvalue weighted by atomic mass is 9.78. The molecule has 0 amide bonds. The molecule has 0 saturated carbocycles. The van der Waals surface area contributed by atoms with E-state index < -0.39 is 0 Å². The van der Waals surface area contributed by atoms with Gasteiger partial charge < -0.3 is 0 Å². The molecule has 0 aromatic heterocycles. The zero-order valence-electron chi connectivity index (χ0n) is 49.5. The van der Waals surface area contributed by atoms with E-state index >= 15 is 4.79 Å². The van der Waals surface area contributed by atoms with E-state index in [1.807, 2.05) is 36.4 Å². The normalized spacial score (nSPS) is 12.2. The van der Waals surface area contributed by atoms with E-state index in [1.165, 1.54) is 22.3 Å². The number of rotatable bonds is 14.